The zero-order chi connectivity index (χ0) is 14.6. The van der Waals surface area contributed by atoms with Gasteiger partial charge in [-0.25, -0.2) is 4.39 Å². The maximum absolute atomic E-state index is 13.3. The third-order valence-corrected chi connectivity index (χ3v) is 4.01. The fourth-order valence-corrected chi connectivity index (χ4v) is 2.33. The molecule has 0 radical (unpaired) electrons. The average Bonchev–Trinajstić information content (AvgIpc) is 2.99. The first-order valence-corrected chi connectivity index (χ1v) is 7.19. The molecule has 0 saturated heterocycles. The Hall–Kier alpha value is -0.970. The van der Waals surface area contributed by atoms with Gasteiger partial charge in [0.15, 0.2) is 0 Å². The Labute approximate surface area is 120 Å². The number of hydrogen-bond acceptors (Lipinski definition) is 3. The third-order valence-electron chi connectivity index (χ3n) is 4.01. The van der Waals surface area contributed by atoms with Crippen LogP contribution in [0.5, 0.6) is 0 Å². The summed E-state index contributed by atoms with van der Waals surface area (Å²) < 4.78 is 18.7. The Morgan fingerprint density at radius 2 is 2.15 bits per heavy atom. The second-order valence-corrected chi connectivity index (χ2v) is 6.31. The Morgan fingerprint density at radius 1 is 1.45 bits per heavy atom. The zero-order valence-electron chi connectivity index (χ0n) is 12.2. The van der Waals surface area contributed by atoms with Crippen molar-refractivity contribution in [1.82, 2.24) is 5.32 Å². The molecular weight excluding hydrogens is 257 g/mol. The van der Waals surface area contributed by atoms with E-state index in [0.717, 1.165) is 6.54 Å². The van der Waals surface area contributed by atoms with Gasteiger partial charge in [-0.15, -0.1) is 0 Å². The van der Waals surface area contributed by atoms with E-state index in [2.05, 4.69) is 19.2 Å². The topological polar surface area (TPSA) is 41.5 Å². The summed E-state index contributed by atoms with van der Waals surface area (Å²) in [5.41, 5.74) is 0.978. The lowest BCUT2D eigenvalue weighted by Gasteiger charge is -2.13. The first-order chi connectivity index (χ1) is 9.49. The Morgan fingerprint density at radius 3 is 2.80 bits per heavy atom. The molecule has 2 N–H and O–H groups in total. The number of aliphatic hydroxyl groups is 1. The maximum atomic E-state index is 13.3. The van der Waals surface area contributed by atoms with Crippen molar-refractivity contribution in [3.8, 4) is 0 Å². The summed E-state index contributed by atoms with van der Waals surface area (Å²) >= 11 is 0. The molecule has 0 aromatic heterocycles. The third kappa shape index (κ3) is 4.54. The van der Waals surface area contributed by atoms with Crippen LogP contribution in [-0.2, 0) is 11.3 Å². The molecule has 0 bridgehead atoms. The molecule has 3 nitrogen and oxygen atoms in total. The van der Waals surface area contributed by atoms with Gasteiger partial charge in [-0.05, 0) is 30.4 Å². The average molecular weight is 281 g/mol. The minimum absolute atomic E-state index is 0.194. The molecule has 0 heterocycles. The first kappa shape index (κ1) is 15.4. The number of nitrogens with one attached hydrogen (secondary N) is 1. The highest BCUT2D eigenvalue weighted by Crippen LogP contribution is 2.50. The lowest BCUT2D eigenvalue weighted by molar-refractivity contribution is 0.0277. The van der Waals surface area contributed by atoms with Crippen LogP contribution in [0.3, 0.4) is 0 Å². The van der Waals surface area contributed by atoms with Crippen LogP contribution in [0.25, 0.3) is 0 Å². The van der Waals surface area contributed by atoms with Crippen LogP contribution in [0.15, 0.2) is 24.3 Å². The van der Waals surface area contributed by atoms with Crippen LogP contribution in [0.1, 0.15) is 25.8 Å². The van der Waals surface area contributed by atoms with E-state index in [-0.39, 0.29) is 19.0 Å². The van der Waals surface area contributed by atoms with Crippen molar-refractivity contribution in [2.45, 2.75) is 33.0 Å². The molecule has 0 amide bonds. The summed E-state index contributed by atoms with van der Waals surface area (Å²) in [4.78, 5) is 0. The van der Waals surface area contributed by atoms with Gasteiger partial charge in [0, 0.05) is 12.1 Å². The summed E-state index contributed by atoms with van der Waals surface area (Å²) in [6, 6.07) is 6.53. The molecule has 1 aliphatic carbocycles. The first-order valence-electron chi connectivity index (χ1n) is 7.19. The minimum atomic E-state index is -0.552. The van der Waals surface area contributed by atoms with Crippen molar-refractivity contribution < 1.29 is 14.2 Å². The number of ether oxygens (including phenoxy) is 1. The van der Waals surface area contributed by atoms with Gasteiger partial charge < -0.3 is 15.2 Å². The molecule has 1 aromatic carbocycles. The molecule has 4 heteroatoms. The number of benzene rings is 1. The van der Waals surface area contributed by atoms with Crippen LogP contribution >= 0.6 is 0 Å². The van der Waals surface area contributed by atoms with Crippen LogP contribution in [-0.4, -0.2) is 30.9 Å². The van der Waals surface area contributed by atoms with E-state index < -0.39 is 6.10 Å². The standard InChI is InChI=1S/C16H24FNO2/c1-16(2)7-13(16)8-18-9-14(19)11-20-10-12-5-3-4-6-15(12)17/h3-6,13-14,18-19H,7-11H2,1-2H3. The van der Waals surface area contributed by atoms with Gasteiger partial charge in [-0.2, -0.15) is 0 Å². The van der Waals surface area contributed by atoms with Gasteiger partial charge in [0.1, 0.15) is 5.82 Å². The van der Waals surface area contributed by atoms with Gasteiger partial charge in [-0.1, -0.05) is 32.0 Å². The normalized spacial score (nSPS) is 21.7. The van der Waals surface area contributed by atoms with Gasteiger partial charge >= 0.3 is 0 Å². The predicted molar refractivity (Wildman–Crippen MR) is 76.8 cm³/mol. The Kier molecular flexibility index (Phi) is 5.13. The minimum Gasteiger partial charge on any atom is -0.389 e. The number of halogens is 1. The summed E-state index contributed by atoms with van der Waals surface area (Å²) in [5, 5.41) is 13.0. The van der Waals surface area contributed by atoms with Crippen LogP contribution in [0, 0.1) is 17.2 Å². The highest BCUT2D eigenvalue weighted by Gasteiger charge is 2.44. The molecule has 1 saturated carbocycles. The molecule has 1 fully saturated rings. The van der Waals surface area contributed by atoms with E-state index >= 15 is 0 Å². The van der Waals surface area contributed by atoms with E-state index in [1.165, 1.54) is 12.5 Å². The maximum Gasteiger partial charge on any atom is 0.128 e. The smallest absolute Gasteiger partial charge is 0.128 e. The lowest BCUT2D eigenvalue weighted by atomic mass is 10.1. The van der Waals surface area contributed by atoms with Crippen molar-refractivity contribution in [2.75, 3.05) is 19.7 Å². The fourth-order valence-electron chi connectivity index (χ4n) is 2.33. The van der Waals surface area contributed by atoms with Crippen molar-refractivity contribution >= 4 is 0 Å². The highest BCUT2D eigenvalue weighted by molar-refractivity contribution is 5.16. The van der Waals surface area contributed by atoms with E-state index in [1.807, 2.05) is 0 Å². The monoisotopic (exact) mass is 281 g/mol. The molecule has 0 aliphatic heterocycles. The molecule has 2 atom stereocenters. The lowest BCUT2D eigenvalue weighted by Crippen LogP contribution is -2.32. The number of aliphatic hydroxyl groups excluding tert-OH is 1. The molecule has 20 heavy (non-hydrogen) atoms. The van der Waals surface area contributed by atoms with Gasteiger partial charge in [0.25, 0.3) is 0 Å². The molecular formula is C16H24FNO2. The molecule has 2 rings (SSSR count). The number of hydrogen-bond donors (Lipinski definition) is 2. The summed E-state index contributed by atoms with van der Waals surface area (Å²) in [6.07, 6.45) is 0.698. The van der Waals surface area contributed by atoms with E-state index in [9.17, 15) is 9.50 Å². The fraction of sp³-hybridized carbons (Fsp3) is 0.625. The van der Waals surface area contributed by atoms with Crippen molar-refractivity contribution in [3.63, 3.8) is 0 Å². The SMILES string of the molecule is CC1(C)CC1CNCC(O)COCc1ccccc1F. The van der Waals surface area contributed by atoms with E-state index in [0.29, 0.717) is 23.4 Å². The van der Waals surface area contributed by atoms with Crippen LogP contribution in [0.2, 0.25) is 0 Å². The Balaban J connectivity index is 1.56. The quantitative estimate of drug-likeness (QED) is 0.768. The molecule has 1 aromatic rings. The van der Waals surface area contributed by atoms with Crippen LogP contribution < -0.4 is 5.32 Å². The Bertz CT molecular complexity index is 436. The number of rotatable bonds is 8. The summed E-state index contributed by atoms with van der Waals surface area (Å²) in [6.45, 7) is 6.39. The second kappa shape index (κ2) is 6.66. The van der Waals surface area contributed by atoms with Gasteiger partial charge in [0.2, 0.25) is 0 Å². The van der Waals surface area contributed by atoms with Gasteiger partial charge in [-0.3, -0.25) is 0 Å². The largest absolute Gasteiger partial charge is 0.389 e. The molecule has 112 valence electrons. The highest BCUT2D eigenvalue weighted by atomic mass is 19.1. The predicted octanol–water partition coefficient (Wildman–Crippen LogP) is 2.34. The molecule has 0 spiro atoms. The van der Waals surface area contributed by atoms with Crippen molar-refractivity contribution in [1.29, 1.82) is 0 Å². The van der Waals surface area contributed by atoms with E-state index in [1.54, 1.807) is 18.2 Å². The molecule has 2 unspecified atom stereocenters. The molecule has 1 aliphatic rings. The van der Waals surface area contributed by atoms with Crippen molar-refractivity contribution in [3.05, 3.63) is 35.6 Å². The van der Waals surface area contributed by atoms with Crippen LogP contribution in [0.4, 0.5) is 4.39 Å². The summed E-state index contributed by atoms with van der Waals surface area (Å²) in [7, 11) is 0. The van der Waals surface area contributed by atoms with Gasteiger partial charge in [0.05, 0.1) is 19.3 Å². The van der Waals surface area contributed by atoms with Crippen molar-refractivity contribution in [2.24, 2.45) is 11.3 Å². The van der Waals surface area contributed by atoms with E-state index in [4.69, 9.17) is 4.74 Å². The summed E-state index contributed by atoms with van der Waals surface area (Å²) in [5.74, 6) is 0.449. The second-order valence-electron chi connectivity index (χ2n) is 6.31. The zero-order valence-corrected chi connectivity index (χ0v) is 12.2.